The summed E-state index contributed by atoms with van der Waals surface area (Å²) in [6.07, 6.45) is 2.26. The van der Waals surface area contributed by atoms with E-state index in [2.05, 4.69) is 67.7 Å². The van der Waals surface area contributed by atoms with Crippen molar-refractivity contribution in [2.24, 2.45) is 0 Å². The fraction of sp³-hybridized carbons (Fsp3) is 0.400. The lowest BCUT2D eigenvalue weighted by atomic mass is 9.90. The Balaban J connectivity index is 2.11. The summed E-state index contributed by atoms with van der Waals surface area (Å²) in [4.78, 5) is 1.36. The van der Waals surface area contributed by atoms with Crippen molar-refractivity contribution in [1.82, 2.24) is 5.32 Å². The molecule has 0 radical (unpaired) electrons. The summed E-state index contributed by atoms with van der Waals surface area (Å²) in [5.74, 6) is 2.02. The first-order chi connectivity index (χ1) is 11.2. The third-order valence-corrected chi connectivity index (χ3v) is 6.35. The van der Waals surface area contributed by atoms with E-state index in [9.17, 15) is 0 Å². The maximum absolute atomic E-state index is 5.47. The molecule has 1 heterocycles. The highest BCUT2D eigenvalue weighted by molar-refractivity contribution is 7.99. The molecule has 122 valence electrons. The zero-order valence-corrected chi connectivity index (χ0v) is 15.0. The highest BCUT2D eigenvalue weighted by atomic mass is 32.2. The Bertz CT molecular complexity index is 652. The minimum atomic E-state index is 0.164. The van der Waals surface area contributed by atoms with Crippen LogP contribution in [0.3, 0.4) is 0 Å². The number of hydrogen-bond acceptors (Lipinski definition) is 3. The van der Waals surface area contributed by atoms with Crippen LogP contribution in [-0.2, 0) is 0 Å². The monoisotopic (exact) mass is 327 g/mol. The van der Waals surface area contributed by atoms with Crippen LogP contribution in [0.25, 0.3) is 0 Å². The van der Waals surface area contributed by atoms with Crippen LogP contribution >= 0.6 is 11.8 Å². The van der Waals surface area contributed by atoms with Gasteiger partial charge in [-0.25, -0.2) is 0 Å². The molecular formula is C20H25NOS. The largest absolute Gasteiger partial charge is 0.497 e. The van der Waals surface area contributed by atoms with Crippen molar-refractivity contribution >= 4 is 11.8 Å². The van der Waals surface area contributed by atoms with E-state index in [1.807, 2.05) is 11.8 Å². The molecular weight excluding hydrogens is 302 g/mol. The second-order valence-electron chi connectivity index (χ2n) is 6.17. The Labute approximate surface area is 143 Å². The first kappa shape index (κ1) is 16.4. The van der Waals surface area contributed by atoms with E-state index in [1.54, 1.807) is 7.11 Å². The second kappa shape index (κ2) is 6.98. The highest BCUT2D eigenvalue weighted by Gasteiger charge is 2.34. The molecule has 23 heavy (non-hydrogen) atoms. The maximum Gasteiger partial charge on any atom is 0.119 e. The van der Waals surface area contributed by atoms with Gasteiger partial charge in [-0.15, -0.1) is 11.8 Å². The smallest absolute Gasteiger partial charge is 0.119 e. The lowest BCUT2D eigenvalue weighted by molar-refractivity contribution is 0.316. The molecule has 3 heteroatoms. The first-order valence-corrected chi connectivity index (χ1v) is 9.33. The molecule has 1 unspecified atom stereocenters. The Hall–Kier alpha value is -1.45. The Kier molecular flexibility index (Phi) is 4.98. The summed E-state index contributed by atoms with van der Waals surface area (Å²) in [5, 5.41) is 3.98. The molecule has 1 N–H and O–H groups in total. The van der Waals surface area contributed by atoms with Crippen LogP contribution < -0.4 is 10.1 Å². The van der Waals surface area contributed by atoms with Crippen LogP contribution in [0.15, 0.2) is 53.4 Å². The van der Waals surface area contributed by atoms with E-state index < -0.39 is 0 Å². The number of fused-ring (bicyclic) bond motifs is 1. The van der Waals surface area contributed by atoms with Gasteiger partial charge in [0.2, 0.25) is 0 Å². The van der Waals surface area contributed by atoms with Gasteiger partial charge in [0, 0.05) is 16.2 Å². The van der Waals surface area contributed by atoms with Crippen LogP contribution in [0.5, 0.6) is 5.75 Å². The summed E-state index contributed by atoms with van der Waals surface area (Å²) < 4.78 is 5.47. The summed E-state index contributed by atoms with van der Waals surface area (Å²) in [6, 6.07) is 17.4. The minimum Gasteiger partial charge on any atom is -0.497 e. The predicted octanol–water partition coefficient (Wildman–Crippen LogP) is 5.04. The fourth-order valence-electron chi connectivity index (χ4n) is 3.22. The van der Waals surface area contributed by atoms with E-state index >= 15 is 0 Å². The maximum atomic E-state index is 5.47. The standard InChI is InChI=1S/C20H25NOS/c1-4-20(5-2)14-23-18-12-11-16(22-3)13-17(18)19(21-20)15-9-7-6-8-10-15/h6-13,19,21H,4-5,14H2,1-3H3. The van der Waals surface area contributed by atoms with Crippen molar-refractivity contribution in [2.45, 2.75) is 43.2 Å². The van der Waals surface area contributed by atoms with Gasteiger partial charge in [-0.05, 0) is 42.2 Å². The van der Waals surface area contributed by atoms with Crippen molar-refractivity contribution in [1.29, 1.82) is 0 Å². The molecule has 1 atom stereocenters. The van der Waals surface area contributed by atoms with Crippen molar-refractivity contribution in [3.63, 3.8) is 0 Å². The molecule has 2 nitrogen and oxygen atoms in total. The summed E-state index contributed by atoms with van der Waals surface area (Å²) in [7, 11) is 1.74. The lowest BCUT2D eigenvalue weighted by Crippen LogP contribution is -2.47. The van der Waals surface area contributed by atoms with E-state index in [0.29, 0.717) is 0 Å². The van der Waals surface area contributed by atoms with E-state index in [4.69, 9.17) is 4.74 Å². The number of benzene rings is 2. The van der Waals surface area contributed by atoms with Gasteiger partial charge in [-0.1, -0.05) is 44.2 Å². The van der Waals surface area contributed by atoms with E-state index in [-0.39, 0.29) is 11.6 Å². The molecule has 3 rings (SSSR count). The Morgan fingerprint density at radius 2 is 1.87 bits per heavy atom. The molecule has 0 bridgehead atoms. The molecule has 0 saturated carbocycles. The molecule has 1 aliphatic rings. The highest BCUT2D eigenvalue weighted by Crippen LogP contribution is 2.41. The molecule has 1 aliphatic heterocycles. The zero-order valence-electron chi connectivity index (χ0n) is 14.1. The van der Waals surface area contributed by atoms with Crippen LogP contribution in [-0.4, -0.2) is 18.4 Å². The quantitative estimate of drug-likeness (QED) is 0.850. The lowest BCUT2D eigenvalue weighted by Gasteiger charge is -2.35. The molecule has 0 amide bonds. The van der Waals surface area contributed by atoms with Crippen molar-refractivity contribution < 1.29 is 4.74 Å². The molecule has 0 fully saturated rings. The van der Waals surface area contributed by atoms with Crippen molar-refractivity contribution in [3.8, 4) is 5.75 Å². The fourth-order valence-corrected chi connectivity index (χ4v) is 4.65. The number of thioether (sulfide) groups is 1. The van der Waals surface area contributed by atoms with E-state index in [1.165, 1.54) is 16.0 Å². The second-order valence-corrected chi connectivity index (χ2v) is 7.19. The first-order valence-electron chi connectivity index (χ1n) is 8.34. The average molecular weight is 327 g/mol. The number of methoxy groups -OCH3 is 1. The van der Waals surface area contributed by atoms with Gasteiger partial charge in [0.1, 0.15) is 5.75 Å². The predicted molar refractivity (Wildman–Crippen MR) is 98.5 cm³/mol. The molecule has 0 saturated heterocycles. The Morgan fingerprint density at radius 3 is 2.52 bits per heavy atom. The van der Waals surface area contributed by atoms with Gasteiger partial charge in [0.15, 0.2) is 0 Å². The third-order valence-electron chi connectivity index (χ3n) is 4.97. The average Bonchev–Trinajstić information content (AvgIpc) is 2.79. The molecule has 0 aliphatic carbocycles. The topological polar surface area (TPSA) is 21.3 Å². The van der Waals surface area contributed by atoms with Gasteiger partial charge in [-0.3, -0.25) is 5.32 Å². The number of ether oxygens (including phenoxy) is 1. The van der Waals surface area contributed by atoms with E-state index in [0.717, 1.165) is 24.3 Å². The number of hydrogen-bond donors (Lipinski definition) is 1. The van der Waals surface area contributed by atoms with Crippen LogP contribution in [0.1, 0.15) is 43.9 Å². The molecule has 2 aromatic rings. The van der Waals surface area contributed by atoms with Crippen LogP contribution in [0.4, 0.5) is 0 Å². The number of nitrogens with one attached hydrogen (secondary N) is 1. The van der Waals surface area contributed by atoms with Gasteiger partial charge in [-0.2, -0.15) is 0 Å². The number of rotatable bonds is 4. The molecule has 2 aromatic carbocycles. The summed E-state index contributed by atoms with van der Waals surface area (Å²) >= 11 is 1.97. The van der Waals surface area contributed by atoms with Crippen molar-refractivity contribution in [3.05, 3.63) is 59.7 Å². The van der Waals surface area contributed by atoms with Gasteiger partial charge in [0.05, 0.1) is 13.2 Å². The minimum absolute atomic E-state index is 0.164. The normalized spacial score (nSPS) is 19.7. The molecule has 0 aromatic heterocycles. The molecule has 0 spiro atoms. The van der Waals surface area contributed by atoms with Gasteiger partial charge >= 0.3 is 0 Å². The Morgan fingerprint density at radius 1 is 1.13 bits per heavy atom. The van der Waals surface area contributed by atoms with Gasteiger partial charge < -0.3 is 4.74 Å². The zero-order chi connectivity index (χ0) is 16.3. The van der Waals surface area contributed by atoms with Gasteiger partial charge in [0.25, 0.3) is 0 Å². The third kappa shape index (κ3) is 3.26. The van der Waals surface area contributed by atoms with Crippen LogP contribution in [0.2, 0.25) is 0 Å². The van der Waals surface area contributed by atoms with Crippen LogP contribution in [0, 0.1) is 0 Å². The van der Waals surface area contributed by atoms with Crippen molar-refractivity contribution in [2.75, 3.05) is 12.9 Å². The summed E-state index contributed by atoms with van der Waals surface area (Å²) in [5.41, 5.74) is 2.80. The SMILES string of the molecule is CCC1(CC)CSc2ccc(OC)cc2C(c2ccccc2)N1. The summed E-state index contributed by atoms with van der Waals surface area (Å²) in [6.45, 7) is 4.57.